The van der Waals surface area contributed by atoms with Crippen molar-refractivity contribution >= 4 is 0 Å². The Hall–Kier alpha value is -1.12. The molecule has 15 heavy (non-hydrogen) atoms. The second-order valence-corrected chi connectivity index (χ2v) is 4.42. The predicted molar refractivity (Wildman–Crippen MR) is 56.2 cm³/mol. The number of ether oxygens (including phenoxy) is 1. The zero-order valence-corrected chi connectivity index (χ0v) is 9.53. The highest BCUT2D eigenvalue weighted by atomic mass is 19.2. The van der Waals surface area contributed by atoms with E-state index in [1.807, 2.05) is 20.8 Å². The van der Waals surface area contributed by atoms with Crippen molar-refractivity contribution in [3.8, 4) is 5.75 Å². The standard InChI is InChI=1S/C12H16F2O/c1-5-15-9-7-6-8(12(2,3)4)10(13)11(9)14/h6-7H,5H2,1-4H3. The SMILES string of the molecule is CCOc1ccc(C(C)(C)C)c(F)c1F. The molecule has 0 aliphatic heterocycles. The molecule has 0 N–H and O–H groups in total. The molecule has 0 fully saturated rings. The molecule has 1 nitrogen and oxygen atoms in total. The first-order valence-electron chi connectivity index (χ1n) is 4.99. The van der Waals surface area contributed by atoms with Crippen LogP contribution in [0.25, 0.3) is 0 Å². The third-order valence-corrected chi connectivity index (χ3v) is 2.15. The Morgan fingerprint density at radius 2 is 1.73 bits per heavy atom. The molecule has 1 aromatic carbocycles. The largest absolute Gasteiger partial charge is 0.491 e. The van der Waals surface area contributed by atoms with Gasteiger partial charge in [-0.1, -0.05) is 26.8 Å². The van der Waals surface area contributed by atoms with Crippen LogP contribution in [0.3, 0.4) is 0 Å². The van der Waals surface area contributed by atoms with E-state index in [4.69, 9.17) is 4.74 Å². The summed E-state index contributed by atoms with van der Waals surface area (Å²) in [6.45, 7) is 7.57. The van der Waals surface area contributed by atoms with Crippen LogP contribution in [-0.4, -0.2) is 6.61 Å². The maximum Gasteiger partial charge on any atom is 0.200 e. The molecule has 0 unspecified atom stereocenters. The molecule has 3 heteroatoms. The lowest BCUT2D eigenvalue weighted by atomic mass is 9.86. The van der Waals surface area contributed by atoms with E-state index >= 15 is 0 Å². The van der Waals surface area contributed by atoms with Crippen molar-refractivity contribution in [3.63, 3.8) is 0 Å². The molecule has 84 valence electrons. The molecule has 0 heterocycles. The van der Waals surface area contributed by atoms with E-state index in [1.54, 1.807) is 13.0 Å². The first-order valence-corrected chi connectivity index (χ1v) is 4.99. The first kappa shape index (κ1) is 12.0. The van der Waals surface area contributed by atoms with Gasteiger partial charge in [0.05, 0.1) is 6.61 Å². The van der Waals surface area contributed by atoms with Gasteiger partial charge in [-0.2, -0.15) is 4.39 Å². The summed E-state index contributed by atoms with van der Waals surface area (Å²) >= 11 is 0. The van der Waals surface area contributed by atoms with E-state index in [1.165, 1.54) is 6.07 Å². The van der Waals surface area contributed by atoms with Gasteiger partial charge < -0.3 is 4.74 Å². The van der Waals surface area contributed by atoms with Crippen molar-refractivity contribution in [2.75, 3.05) is 6.61 Å². The highest BCUT2D eigenvalue weighted by Crippen LogP contribution is 2.30. The van der Waals surface area contributed by atoms with Gasteiger partial charge in [-0.25, -0.2) is 4.39 Å². The third-order valence-electron chi connectivity index (χ3n) is 2.15. The Balaban J connectivity index is 3.21. The lowest BCUT2D eigenvalue weighted by Crippen LogP contribution is -2.15. The summed E-state index contributed by atoms with van der Waals surface area (Å²) in [5.74, 6) is -1.74. The second kappa shape index (κ2) is 4.17. The molecule has 0 saturated carbocycles. The van der Waals surface area contributed by atoms with Crippen LogP contribution in [-0.2, 0) is 5.41 Å². The van der Waals surface area contributed by atoms with Crippen molar-refractivity contribution in [1.29, 1.82) is 0 Å². The molecule has 0 amide bonds. The predicted octanol–water partition coefficient (Wildman–Crippen LogP) is 3.66. The number of hydrogen-bond acceptors (Lipinski definition) is 1. The molecule has 0 radical (unpaired) electrons. The molecule has 0 aromatic heterocycles. The van der Waals surface area contributed by atoms with Crippen molar-refractivity contribution < 1.29 is 13.5 Å². The fraction of sp³-hybridized carbons (Fsp3) is 0.500. The molecule has 0 saturated heterocycles. The van der Waals surface area contributed by atoms with Gasteiger partial charge >= 0.3 is 0 Å². The molecule has 0 bridgehead atoms. The minimum Gasteiger partial charge on any atom is -0.491 e. The van der Waals surface area contributed by atoms with Crippen LogP contribution in [0.15, 0.2) is 12.1 Å². The fourth-order valence-corrected chi connectivity index (χ4v) is 1.38. The van der Waals surface area contributed by atoms with Crippen LogP contribution in [0, 0.1) is 11.6 Å². The fourth-order valence-electron chi connectivity index (χ4n) is 1.38. The summed E-state index contributed by atoms with van der Waals surface area (Å²) in [6.07, 6.45) is 0. The van der Waals surface area contributed by atoms with Crippen LogP contribution >= 0.6 is 0 Å². The van der Waals surface area contributed by atoms with Crippen LogP contribution < -0.4 is 4.74 Å². The highest BCUT2D eigenvalue weighted by Gasteiger charge is 2.23. The molecule has 0 spiro atoms. The Morgan fingerprint density at radius 1 is 1.13 bits per heavy atom. The minimum atomic E-state index is -0.899. The van der Waals surface area contributed by atoms with E-state index in [0.29, 0.717) is 12.2 Å². The van der Waals surface area contributed by atoms with Crippen molar-refractivity contribution in [1.82, 2.24) is 0 Å². The van der Waals surface area contributed by atoms with Gasteiger partial charge in [0.15, 0.2) is 11.6 Å². The van der Waals surface area contributed by atoms with Gasteiger partial charge in [-0.05, 0) is 24.0 Å². The van der Waals surface area contributed by atoms with E-state index in [9.17, 15) is 8.78 Å². The van der Waals surface area contributed by atoms with Crippen molar-refractivity contribution in [3.05, 3.63) is 29.3 Å². The summed E-state index contributed by atoms with van der Waals surface area (Å²) in [4.78, 5) is 0. The van der Waals surface area contributed by atoms with Gasteiger partial charge in [0, 0.05) is 0 Å². The summed E-state index contributed by atoms with van der Waals surface area (Å²) in [7, 11) is 0. The zero-order valence-electron chi connectivity index (χ0n) is 9.53. The summed E-state index contributed by atoms with van der Waals surface area (Å²) < 4.78 is 32.1. The number of hydrogen-bond donors (Lipinski definition) is 0. The van der Waals surface area contributed by atoms with Gasteiger partial charge in [0.25, 0.3) is 0 Å². The maximum absolute atomic E-state index is 13.6. The summed E-state index contributed by atoms with van der Waals surface area (Å²) in [5, 5.41) is 0. The summed E-state index contributed by atoms with van der Waals surface area (Å²) in [6, 6.07) is 3.05. The molecule has 0 aliphatic rings. The average molecular weight is 214 g/mol. The lowest BCUT2D eigenvalue weighted by molar-refractivity contribution is 0.311. The molecule has 0 atom stereocenters. The summed E-state index contributed by atoms with van der Waals surface area (Å²) in [5.41, 5.74) is -0.0428. The zero-order chi connectivity index (χ0) is 11.6. The van der Waals surface area contributed by atoms with E-state index in [2.05, 4.69) is 0 Å². The van der Waals surface area contributed by atoms with E-state index in [-0.39, 0.29) is 5.75 Å². The van der Waals surface area contributed by atoms with Crippen LogP contribution in [0.5, 0.6) is 5.75 Å². The number of benzene rings is 1. The molecular formula is C12H16F2O. The molecule has 1 aromatic rings. The monoisotopic (exact) mass is 214 g/mol. The topological polar surface area (TPSA) is 9.23 Å². The molecular weight excluding hydrogens is 198 g/mol. The van der Waals surface area contributed by atoms with E-state index in [0.717, 1.165) is 0 Å². The first-order chi connectivity index (χ1) is 6.88. The van der Waals surface area contributed by atoms with Crippen molar-refractivity contribution in [2.24, 2.45) is 0 Å². The van der Waals surface area contributed by atoms with Crippen LogP contribution in [0.1, 0.15) is 33.3 Å². The maximum atomic E-state index is 13.6. The Bertz CT molecular complexity index is 353. The van der Waals surface area contributed by atoms with Gasteiger partial charge in [-0.3, -0.25) is 0 Å². The average Bonchev–Trinajstić information content (AvgIpc) is 2.11. The normalized spacial score (nSPS) is 11.6. The lowest BCUT2D eigenvalue weighted by Gasteiger charge is -2.20. The van der Waals surface area contributed by atoms with Crippen LogP contribution in [0.4, 0.5) is 8.78 Å². The van der Waals surface area contributed by atoms with Gasteiger partial charge in [-0.15, -0.1) is 0 Å². The quantitative estimate of drug-likeness (QED) is 0.730. The molecule has 1 rings (SSSR count). The Labute approximate surface area is 89.1 Å². The molecule has 0 aliphatic carbocycles. The Morgan fingerprint density at radius 3 is 2.20 bits per heavy atom. The van der Waals surface area contributed by atoms with Crippen LogP contribution in [0.2, 0.25) is 0 Å². The minimum absolute atomic E-state index is 0.0250. The highest BCUT2D eigenvalue weighted by molar-refractivity contribution is 5.34. The third kappa shape index (κ3) is 2.46. The number of halogens is 2. The van der Waals surface area contributed by atoms with Gasteiger partial charge in [0.2, 0.25) is 5.82 Å². The Kier molecular flexibility index (Phi) is 3.32. The van der Waals surface area contributed by atoms with Gasteiger partial charge in [0.1, 0.15) is 0 Å². The van der Waals surface area contributed by atoms with Crippen molar-refractivity contribution in [2.45, 2.75) is 33.1 Å². The smallest absolute Gasteiger partial charge is 0.200 e. The van der Waals surface area contributed by atoms with E-state index < -0.39 is 17.0 Å². The second-order valence-electron chi connectivity index (χ2n) is 4.42. The number of rotatable bonds is 2.